The molecule has 2 heterocycles. The van der Waals surface area contributed by atoms with E-state index in [0.717, 1.165) is 29.7 Å². The van der Waals surface area contributed by atoms with Crippen LogP contribution in [0.5, 0.6) is 0 Å². The van der Waals surface area contributed by atoms with Crippen LogP contribution in [0.1, 0.15) is 37.4 Å². The lowest BCUT2D eigenvalue weighted by Gasteiger charge is -2.26. The highest BCUT2D eigenvalue weighted by Crippen LogP contribution is 2.31. The second kappa shape index (κ2) is 3.87. The third-order valence-corrected chi connectivity index (χ3v) is 3.47. The molecule has 0 amide bonds. The SMILES string of the molecule is NC1CCCCC1c1nc2ccncc2[nH]1. The number of nitrogens with one attached hydrogen (secondary N) is 1. The lowest BCUT2D eigenvalue weighted by Crippen LogP contribution is -2.31. The molecule has 1 saturated carbocycles. The first-order chi connectivity index (χ1) is 7.84. The van der Waals surface area contributed by atoms with E-state index < -0.39 is 0 Å². The van der Waals surface area contributed by atoms with Crippen LogP contribution in [-0.4, -0.2) is 21.0 Å². The molecule has 0 aromatic carbocycles. The molecule has 2 atom stereocenters. The molecule has 0 saturated heterocycles. The lowest BCUT2D eigenvalue weighted by molar-refractivity contribution is 0.375. The van der Waals surface area contributed by atoms with Crippen LogP contribution in [0.15, 0.2) is 18.5 Å². The predicted octanol–water partition coefficient (Wildman–Crippen LogP) is 1.94. The van der Waals surface area contributed by atoms with Gasteiger partial charge in [-0.3, -0.25) is 4.98 Å². The fourth-order valence-corrected chi connectivity index (χ4v) is 2.55. The molecular weight excluding hydrogens is 200 g/mol. The van der Waals surface area contributed by atoms with Crippen LogP contribution in [0, 0.1) is 0 Å². The van der Waals surface area contributed by atoms with E-state index in [-0.39, 0.29) is 6.04 Å². The second-order valence-electron chi connectivity index (χ2n) is 4.57. The van der Waals surface area contributed by atoms with Gasteiger partial charge in [-0.15, -0.1) is 0 Å². The molecule has 84 valence electrons. The molecule has 2 aromatic heterocycles. The number of fused-ring (bicyclic) bond motifs is 1. The maximum absolute atomic E-state index is 6.16. The summed E-state index contributed by atoms with van der Waals surface area (Å²) in [4.78, 5) is 12.0. The standard InChI is InChI=1S/C12H16N4/c13-9-4-2-1-3-8(9)12-15-10-5-6-14-7-11(10)16-12/h5-9H,1-4,13H2,(H,15,16). The largest absolute Gasteiger partial charge is 0.340 e. The first-order valence-electron chi connectivity index (χ1n) is 5.90. The number of hydrogen-bond acceptors (Lipinski definition) is 3. The Hall–Kier alpha value is -1.42. The van der Waals surface area contributed by atoms with Gasteiger partial charge in [-0.2, -0.15) is 0 Å². The zero-order valence-corrected chi connectivity index (χ0v) is 9.19. The third-order valence-electron chi connectivity index (χ3n) is 3.47. The maximum atomic E-state index is 6.16. The molecule has 0 aliphatic heterocycles. The monoisotopic (exact) mass is 216 g/mol. The van der Waals surface area contributed by atoms with Crippen molar-refractivity contribution in [2.75, 3.05) is 0 Å². The quantitative estimate of drug-likeness (QED) is 0.765. The van der Waals surface area contributed by atoms with Crippen molar-refractivity contribution in [2.45, 2.75) is 37.6 Å². The molecule has 2 unspecified atom stereocenters. The smallest absolute Gasteiger partial charge is 0.111 e. The second-order valence-corrected chi connectivity index (χ2v) is 4.57. The molecule has 16 heavy (non-hydrogen) atoms. The number of nitrogens with two attached hydrogens (primary N) is 1. The Labute approximate surface area is 94.3 Å². The van der Waals surface area contributed by atoms with E-state index in [4.69, 9.17) is 5.73 Å². The number of rotatable bonds is 1. The molecule has 4 heteroatoms. The average molecular weight is 216 g/mol. The minimum Gasteiger partial charge on any atom is -0.340 e. The first-order valence-corrected chi connectivity index (χ1v) is 5.90. The number of pyridine rings is 1. The van der Waals surface area contributed by atoms with E-state index in [1.807, 2.05) is 12.3 Å². The minimum absolute atomic E-state index is 0.252. The highest BCUT2D eigenvalue weighted by molar-refractivity contribution is 5.73. The van der Waals surface area contributed by atoms with Gasteiger partial charge in [0.2, 0.25) is 0 Å². The van der Waals surface area contributed by atoms with Crippen LogP contribution in [-0.2, 0) is 0 Å². The molecule has 0 bridgehead atoms. The molecule has 1 aliphatic rings. The summed E-state index contributed by atoms with van der Waals surface area (Å²) < 4.78 is 0. The van der Waals surface area contributed by atoms with E-state index in [0.29, 0.717) is 5.92 Å². The fraction of sp³-hybridized carbons (Fsp3) is 0.500. The van der Waals surface area contributed by atoms with Crippen molar-refractivity contribution in [3.8, 4) is 0 Å². The number of nitrogens with zero attached hydrogens (tertiary/aromatic N) is 2. The van der Waals surface area contributed by atoms with Gasteiger partial charge >= 0.3 is 0 Å². The minimum atomic E-state index is 0.252. The number of hydrogen-bond donors (Lipinski definition) is 2. The van der Waals surface area contributed by atoms with E-state index in [9.17, 15) is 0 Å². The van der Waals surface area contributed by atoms with Gasteiger partial charge in [-0.05, 0) is 18.9 Å². The summed E-state index contributed by atoms with van der Waals surface area (Å²) >= 11 is 0. The normalized spacial score (nSPS) is 26.1. The van der Waals surface area contributed by atoms with Gasteiger partial charge in [0, 0.05) is 18.2 Å². The summed E-state index contributed by atoms with van der Waals surface area (Å²) in [6, 6.07) is 2.19. The topological polar surface area (TPSA) is 67.6 Å². The molecule has 4 nitrogen and oxygen atoms in total. The third kappa shape index (κ3) is 1.59. The molecular formula is C12H16N4. The maximum Gasteiger partial charge on any atom is 0.111 e. The molecule has 0 spiro atoms. The van der Waals surface area contributed by atoms with Gasteiger partial charge in [-0.25, -0.2) is 4.98 Å². The van der Waals surface area contributed by atoms with Crippen LogP contribution in [0.4, 0.5) is 0 Å². The molecule has 1 aliphatic carbocycles. The summed E-state index contributed by atoms with van der Waals surface area (Å²) in [5.41, 5.74) is 8.16. The summed E-state index contributed by atoms with van der Waals surface area (Å²) in [5, 5.41) is 0. The summed E-state index contributed by atoms with van der Waals surface area (Å²) in [6.45, 7) is 0. The summed E-state index contributed by atoms with van der Waals surface area (Å²) in [7, 11) is 0. The van der Waals surface area contributed by atoms with Gasteiger partial charge in [0.05, 0.1) is 17.2 Å². The van der Waals surface area contributed by atoms with Crippen molar-refractivity contribution >= 4 is 11.0 Å². The van der Waals surface area contributed by atoms with Gasteiger partial charge in [-0.1, -0.05) is 12.8 Å². The molecule has 1 fully saturated rings. The van der Waals surface area contributed by atoms with Gasteiger partial charge in [0.1, 0.15) is 5.82 Å². The van der Waals surface area contributed by atoms with Crippen LogP contribution < -0.4 is 5.73 Å². The summed E-state index contributed by atoms with van der Waals surface area (Å²) in [6.07, 6.45) is 8.36. The van der Waals surface area contributed by atoms with Gasteiger partial charge in [0.15, 0.2) is 0 Å². The molecule has 2 aromatic rings. The fourth-order valence-electron chi connectivity index (χ4n) is 2.55. The lowest BCUT2D eigenvalue weighted by atomic mass is 9.84. The molecule has 3 N–H and O–H groups in total. The first kappa shape index (κ1) is 9.78. The van der Waals surface area contributed by atoms with Gasteiger partial charge in [0.25, 0.3) is 0 Å². The number of H-pyrrole nitrogens is 1. The van der Waals surface area contributed by atoms with Crippen molar-refractivity contribution in [2.24, 2.45) is 5.73 Å². The Kier molecular flexibility index (Phi) is 2.36. The van der Waals surface area contributed by atoms with Crippen LogP contribution in [0.25, 0.3) is 11.0 Å². The Balaban J connectivity index is 1.98. The van der Waals surface area contributed by atoms with Crippen molar-refractivity contribution in [1.82, 2.24) is 15.0 Å². The van der Waals surface area contributed by atoms with E-state index in [1.165, 1.54) is 12.8 Å². The average Bonchev–Trinajstić information content (AvgIpc) is 2.73. The van der Waals surface area contributed by atoms with E-state index >= 15 is 0 Å². The Morgan fingerprint density at radius 2 is 2.19 bits per heavy atom. The van der Waals surface area contributed by atoms with Crippen molar-refractivity contribution < 1.29 is 0 Å². The zero-order valence-electron chi connectivity index (χ0n) is 9.19. The molecule has 0 radical (unpaired) electrons. The van der Waals surface area contributed by atoms with Crippen molar-refractivity contribution in [3.05, 3.63) is 24.3 Å². The van der Waals surface area contributed by atoms with Crippen LogP contribution in [0.3, 0.4) is 0 Å². The highest BCUT2D eigenvalue weighted by Gasteiger charge is 2.25. The van der Waals surface area contributed by atoms with E-state index in [2.05, 4.69) is 15.0 Å². The summed E-state index contributed by atoms with van der Waals surface area (Å²) in [5.74, 6) is 1.43. The van der Waals surface area contributed by atoms with E-state index in [1.54, 1.807) is 6.20 Å². The highest BCUT2D eigenvalue weighted by atomic mass is 14.9. The Morgan fingerprint density at radius 1 is 1.31 bits per heavy atom. The molecule has 3 rings (SSSR count). The van der Waals surface area contributed by atoms with Crippen molar-refractivity contribution in [1.29, 1.82) is 0 Å². The number of aromatic amines is 1. The number of imidazole rings is 1. The Morgan fingerprint density at radius 3 is 3.00 bits per heavy atom. The van der Waals surface area contributed by atoms with Gasteiger partial charge < -0.3 is 10.7 Å². The predicted molar refractivity (Wildman–Crippen MR) is 63.1 cm³/mol. The van der Waals surface area contributed by atoms with Crippen LogP contribution >= 0.6 is 0 Å². The zero-order chi connectivity index (χ0) is 11.0. The number of aromatic nitrogens is 3. The van der Waals surface area contributed by atoms with Crippen LogP contribution in [0.2, 0.25) is 0 Å². The Bertz CT molecular complexity index is 457. The van der Waals surface area contributed by atoms with Crippen molar-refractivity contribution in [3.63, 3.8) is 0 Å².